The van der Waals surface area contributed by atoms with Crippen molar-refractivity contribution in [2.45, 2.75) is 4.90 Å². The predicted octanol–water partition coefficient (Wildman–Crippen LogP) is 2.37. The van der Waals surface area contributed by atoms with Gasteiger partial charge < -0.3 is 0 Å². The minimum Gasteiger partial charge on any atom is -0.289 e. The highest BCUT2D eigenvalue weighted by Crippen LogP contribution is 2.17. The van der Waals surface area contributed by atoms with E-state index in [2.05, 4.69) is 20.3 Å². The van der Waals surface area contributed by atoms with Crippen molar-refractivity contribution in [1.82, 2.24) is 0 Å². The molecule has 1 aromatic rings. The van der Waals surface area contributed by atoms with Crippen LogP contribution in [0.2, 0.25) is 0 Å². The van der Waals surface area contributed by atoms with E-state index in [4.69, 9.17) is 0 Å². The van der Waals surface area contributed by atoms with Crippen LogP contribution in [0, 0.1) is 5.82 Å². The van der Waals surface area contributed by atoms with Gasteiger partial charge in [0.2, 0.25) is 0 Å². The molecule has 1 aliphatic carbocycles. The fourth-order valence-electron chi connectivity index (χ4n) is 1.34. The minimum absolute atomic E-state index is 0.115. The molecule has 0 aliphatic heterocycles. The van der Waals surface area contributed by atoms with Crippen LogP contribution < -0.4 is 0 Å². The van der Waals surface area contributed by atoms with Gasteiger partial charge in [0.15, 0.2) is 5.78 Å². The fraction of sp³-hybridized carbons (Fsp3) is 0. The Morgan fingerprint density at radius 1 is 1.11 bits per heavy atom. The molecule has 0 bridgehead atoms. The Bertz CT molecular complexity index is 718. The lowest BCUT2D eigenvalue weighted by molar-refractivity contribution is -0.110. The lowest BCUT2D eigenvalue weighted by atomic mass is 10.2. The number of carbonyl (C=O) groups is 1. The number of hydrogen-bond donors (Lipinski definition) is 0. The van der Waals surface area contributed by atoms with Crippen LogP contribution in [-0.4, -0.2) is 19.9 Å². The maximum Gasteiger partial charge on any atom is 0.282 e. The summed E-state index contributed by atoms with van der Waals surface area (Å²) < 4.78 is 40.4. The molecule has 0 saturated heterocycles. The Labute approximate surface area is 117 Å². The van der Waals surface area contributed by atoms with Crippen molar-refractivity contribution in [3.8, 4) is 0 Å². The Morgan fingerprint density at radius 3 is 2.32 bits per heavy atom. The molecule has 0 spiro atoms. The molecule has 0 aromatic heterocycles. The van der Waals surface area contributed by atoms with E-state index in [1.165, 1.54) is 18.2 Å². The van der Waals surface area contributed by atoms with Crippen molar-refractivity contribution < 1.29 is 17.6 Å². The summed E-state index contributed by atoms with van der Waals surface area (Å²) in [5.41, 5.74) is 0.121. The second-order valence-electron chi connectivity index (χ2n) is 3.63. The van der Waals surface area contributed by atoms with Gasteiger partial charge in [-0.2, -0.15) is 12.8 Å². The third kappa shape index (κ3) is 3.24. The van der Waals surface area contributed by atoms with E-state index in [0.717, 1.165) is 24.3 Å². The van der Waals surface area contributed by atoms with Crippen molar-refractivity contribution in [2.24, 2.45) is 4.40 Å². The quantitative estimate of drug-likeness (QED) is 0.774. The first kappa shape index (κ1) is 13.8. The number of halogens is 2. The predicted molar refractivity (Wildman–Crippen MR) is 72.2 cm³/mol. The molecule has 98 valence electrons. The van der Waals surface area contributed by atoms with E-state index in [1.807, 2.05) is 0 Å². The van der Waals surface area contributed by atoms with Crippen LogP contribution in [0.4, 0.5) is 4.39 Å². The molecule has 2 rings (SSSR count). The molecule has 0 unspecified atom stereocenters. The first-order chi connectivity index (χ1) is 8.88. The minimum atomic E-state index is -3.92. The van der Waals surface area contributed by atoms with E-state index in [-0.39, 0.29) is 20.9 Å². The average molecular weight is 344 g/mol. The zero-order valence-electron chi connectivity index (χ0n) is 9.38. The molecule has 0 amide bonds. The number of nitrogens with zero attached hydrogens (tertiary/aromatic N) is 1. The molecule has 7 heteroatoms. The summed E-state index contributed by atoms with van der Waals surface area (Å²) in [6.45, 7) is 0. The zero-order valence-corrected chi connectivity index (χ0v) is 11.8. The zero-order chi connectivity index (χ0) is 14.0. The van der Waals surface area contributed by atoms with Gasteiger partial charge in [0.05, 0.1) is 15.1 Å². The van der Waals surface area contributed by atoms with E-state index >= 15 is 0 Å². The van der Waals surface area contributed by atoms with Crippen molar-refractivity contribution in [3.05, 3.63) is 52.8 Å². The van der Waals surface area contributed by atoms with Gasteiger partial charge in [-0.3, -0.25) is 4.79 Å². The van der Waals surface area contributed by atoms with Gasteiger partial charge in [-0.25, -0.2) is 4.39 Å². The van der Waals surface area contributed by atoms with Crippen molar-refractivity contribution in [3.63, 3.8) is 0 Å². The molecule has 0 atom stereocenters. The molecule has 1 aromatic carbocycles. The standard InChI is InChI=1S/C12H7BrFNO3S/c13-11-7-9(3-6-12(11)16)15-19(17,18)10-4-1-8(14)2-5-10/h1-7H/b15-9+. The molecule has 0 N–H and O–H groups in total. The van der Waals surface area contributed by atoms with Gasteiger partial charge in [0.1, 0.15) is 5.82 Å². The lowest BCUT2D eigenvalue weighted by Crippen LogP contribution is -2.07. The first-order valence-corrected chi connectivity index (χ1v) is 7.32. The number of allylic oxidation sites excluding steroid dienone is 4. The van der Waals surface area contributed by atoms with Crippen molar-refractivity contribution in [1.29, 1.82) is 0 Å². The van der Waals surface area contributed by atoms with E-state index < -0.39 is 15.8 Å². The van der Waals surface area contributed by atoms with Gasteiger partial charge in [-0.05, 0) is 58.4 Å². The second kappa shape index (κ2) is 5.18. The van der Waals surface area contributed by atoms with Gasteiger partial charge in [0.25, 0.3) is 10.0 Å². The van der Waals surface area contributed by atoms with Crippen LogP contribution in [0.25, 0.3) is 0 Å². The summed E-state index contributed by atoms with van der Waals surface area (Å²) in [5.74, 6) is -0.796. The third-order valence-electron chi connectivity index (χ3n) is 2.25. The summed E-state index contributed by atoms with van der Waals surface area (Å²) in [6, 6.07) is 4.34. The highest BCUT2D eigenvalue weighted by atomic mass is 79.9. The highest BCUT2D eigenvalue weighted by Gasteiger charge is 2.15. The third-order valence-corrected chi connectivity index (χ3v) is 4.19. The number of benzene rings is 1. The molecule has 1 aliphatic rings. The number of rotatable bonds is 2. The maximum absolute atomic E-state index is 12.7. The van der Waals surface area contributed by atoms with E-state index in [0.29, 0.717) is 0 Å². The molecule has 0 heterocycles. The Morgan fingerprint density at radius 2 is 1.74 bits per heavy atom. The van der Waals surface area contributed by atoms with Gasteiger partial charge in [0, 0.05) is 0 Å². The molecule has 0 saturated carbocycles. The van der Waals surface area contributed by atoms with E-state index in [9.17, 15) is 17.6 Å². The van der Waals surface area contributed by atoms with Crippen molar-refractivity contribution >= 4 is 37.4 Å². The van der Waals surface area contributed by atoms with Crippen LogP contribution >= 0.6 is 15.9 Å². The molecule has 19 heavy (non-hydrogen) atoms. The van der Waals surface area contributed by atoms with Crippen LogP contribution in [0.3, 0.4) is 0 Å². The molecule has 0 radical (unpaired) electrons. The Hall–Kier alpha value is -1.60. The monoisotopic (exact) mass is 343 g/mol. The van der Waals surface area contributed by atoms with Crippen LogP contribution in [0.15, 0.2) is 56.3 Å². The van der Waals surface area contributed by atoms with Crippen LogP contribution in [0.1, 0.15) is 0 Å². The summed E-state index contributed by atoms with van der Waals surface area (Å²) in [7, 11) is -3.92. The van der Waals surface area contributed by atoms with Crippen LogP contribution in [-0.2, 0) is 14.8 Å². The number of hydrogen-bond acceptors (Lipinski definition) is 3. The topological polar surface area (TPSA) is 63.6 Å². The summed E-state index contributed by atoms with van der Waals surface area (Å²) in [4.78, 5) is 11.1. The number of ketones is 1. The highest BCUT2D eigenvalue weighted by molar-refractivity contribution is 9.12. The largest absolute Gasteiger partial charge is 0.289 e. The number of carbonyl (C=O) groups excluding carboxylic acids is 1. The molecular formula is C12H7BrFNO3S. The second-order valence-corrected chi connectivity index (χ2v) is 6.09. The summed E-state index contributed by atoms with van der Waals surface area (Å²) in [5, 5.41) is 0. The number of sulfonamides is 1. The molecule has 4 nitrogen and oxygen atoms in total. The fourth-order valence-corrected chi connectivity index (χ4v) is 2.69. The van der Waals surface area contributed by atoms with Crippen LogP contribution in [0.5, 0.6) is 0 Å². The first-order valence-electron chi connectivity index (χ1n) is 5.09. The van der Waals surface area contributed by atoms with E-state index in [1.54, 1.807) is 0 Å². The van der Waals surface area contributed by atoms with Gasteiger partial charge in [-0.15, -0.1) is 0 Å². The van der Waals surface area contributed by atoms with Crippen molar-refractivity contribution in [2.75, 3.05) is 0 Å². The SMILES string of the molecule is O=C1C=C/C(=N\S(=O)(=O)c2ccc(F)cc2)C=C1Br. The normalized spacial score (nSPS) is 17.7. The Kier molecular flexibility index (Phi) is 3.77. The van der Waals surface area contributed by atoms with Gasteiger partial charge >= 0.3 is 0 Å². The summed E-state index contributed by atoms with van der Waals surface area (Å²) in [6.07, 6.45) is 3.82. The lowest BCUT2D eigenvalue weighted by Gasteiger charge is -2.03. The summed E-state index contributed by atoms with van der Waals surface area (Å²) >= 11 is 3.00. The smallest absolute Gasteiger partial charge is 0.282 e. The average Bonchev–Trinajstić information content (AvgIpc) is 2.34. The Balaban J connectivity index is 2.40. The van der Waals surface area contributed by atoms with Gasteiger partial charge in [-0.1, -0.05) is 0 Å². The molecule has 0 fully saturated rings. The molecular weight excluding hydrogens is 337 g/mol. The maximum atomic E-state index is 12.7.